The summed E-state index contributed by atoms with van der Waals surface area (Å²) in [6, 6.07) is 10.4. The van der Waals surface area contributed by atoms with Gasteiger partial charge in [-0.15, -0.1) is 0 Å². The van der Waals surface area contributed by atoms with Gasteiger partial charge in [-0.05, 0) is 36.7 Å². The largest absolute Gasteiger partial charge is 0.363 e. The Labute approximate surface area is 125 Å². The highest BCUT2D eigenvalue weighted by atomic mass is 32.1. The Bertz CT molecular complexity index is 563. The molecule has 2 rings (SSSR count). The summed E-state index contributed by atoms with van der Waals surface area (Å²) in [7, 11) is 0. The average molecular weight is 287 g/mol. The lowest BCUT2D eigenvalue weighted by molar-refractivity contribution is 0.737. The molecule has 0 unspecified atom stereocenters. The van der Waals surface area contributed by atoms with Crippen LogP contribution in [0.2, 0.25) is 0 Å². The number of hydrogen-bond acceptors (Lipinski definition) is 2. The van der Waals surface area contributed by atoms with Gasteiger partial charge in [0.25, 0.3) is 0 Å². The number of nitrogens with zero attached hydrogens (tertiary/aromatic N) is 1. The monoisotopic (exact) mass is 287 g/mol. The highest BCUT2D eigenvalue weighted by Gasteiger charge is 2.02. The summed E-state index contributed by atoms with van der Waals surface area (Å²) < 4.78 is 0. The fraction of sp³-hybridized carbons (Fsp3) is 0.375. The summed E-state index contributed by atoms with van der Waals surface area (Å²) in [4.78, 5) is 4.46. The van der Waals surface area contributed by atoms with Crippen molar-refractivity contribution in [2.75, 3.05) is 13.1 Å². The second-order valence-electron chi connectivity index (χ2n) is 4.78. The Morgan fingerprint density at radius 1 is 1.15 bits per heavy atom. The molecule has 0 aliphatic rings. The Balaban J connectivity index is 1.85. The SMILES string of the molecule is CCCCNC(=S)NCCc1cccc2cccnc12. The smallest absolute Gasteiger partial charge is 0.166 e. The maximum Gasteiger partial charge on any atom is 0.166 e. The van der Waals surface area contributed by atoms with Crippen LogP contribution >= 0.6 is 12.2 Å². The van der Waals surface area contributed by atoms with Gasteiger partial charge in [0.1, 0.15) is 0 Å². The van der Waals surface area contributed by atoms with Crippen molar-refractivity contribution in [3.63, 3.8) is 0 Å². The second kappa shape index (κ2) is 7.80. The zero-order chi connectivity index (χ0) is 14.2. The Kier molecular flexibility index (Phi) is 5.74. The van der Waals surface area contributed by atoms with E-state index in [4.69, 9.17) is 12.2 Å². The van der Waals surface area contributed by atoms with Crippen LogP contribution in [0.15, 0.2) is 36.5 Å². The molecule has 2 N–H and O–H groups in total. The summed E-state index contributed by atoms with van der Waals surface area (Å²) in [5.74, 6) is 0. The first-order valence-corrected chi connectivity index (χ1v) is 7.56. The van der Waals surface area contributed by atoms with Crippen molar-refractivity contribution in [2.45, 2.75) is 26.2 Å². The molecule has 20 heavy (non-hydrogen) atoms. The van der Waals surface area contributed by atoms with Gasteiger partial charge in [0, 0.05) is 24.7 Å². The van der Waals surface area contributed by atoms with Crippen LogP contribution in [0, 0.1) is 0 Å². The number of benzene rings is 1. The number of fused-ring (bicyclic) bond motifs is 1. The predicted molar refractivity (Wildman–Crippen MR) is 89.0 cm³/mol. The van der Waals surface area contributed by atoms with Crippen molar-refractivity contribution in [3.05, 3.63) is 42.1 Å². The summed E-state index contributed by atoms with van der Waals surface area (Å²) in [5, 5.41) is 8.39. The number of thiocarbonyl (C=S) groups is 1. The Hall–Kier alpha value is -1.68. The quantitative estimate of drug-likeness (QED) is 0.632. The minimum atomic E-state index is 0.742. The number of unbranched alkanes of at least 4 members (excludes halogenated alkanes) is 1. The van der Waals surface area contributed by atoms with E-state index in [0.29, 0.717) is 0 Å². The highest BCUT2D eigenvalue weighted by molar-refractivity contribution is 7.80. The van der Waals surface area contributed by atoms with E-state index in [-0.39, 0.29) is 0 Å². The average Bonchev–Trinajstić information content (AvgIpc) is 2.48. The summed E-state index contributed by atoms with van der Waals surface area (Å²) >= 11 is 5.24. The predicted octanol–water partition coefficient (Wildman–Crippen LogP) is 3.04. The van der Waals surface area contributed by atoms with E-state index in [9.17, 15) is 0 Å². The molecule has 0 aliphatic carbocycles. The number of para-hydroxylation sites is 1. The first-order chi connectivity index (χ1) is 9.81. The van der Waals surface area contributed by atoms with E-state index in [1.165, 1.54) is 17.4 Å². The maximum atomic E-state index is 5.24. The lowest BCUT2D eigenvalue weighted by atomic mass is 10.1. The fourth-order valence-corrected chi connectivity index (χ4v) is 2.33. The van der Waals surface area contributed by atoms with Crippen molar-refractivity contribution in [1.29, 1.82) is 0 Å². The maximum absolute atomic E-state index is 5.24. The molecule has 1 aromatic heterocycles. The minimum Gasteiger partial charge on any atom is -0.363 e. The molecule has 0 fully saturated rings. The number of aromatic nitrogens is 1. The van der Waals surface area contributed by atoms with Gasteiger partial charge in [0.05, 0.1) is 5.52 Å². The van der Waals surface area contributed by atoms with Crippen molar-refractivity contribution in [2.24, 2.45) is 0 Å². The molecule has 0 aliphatic heterocycles. The van der Waals surface area contributed by atoms with E-state index in [1.807, 2.05) is 12.3 Å². The van der Waals surface area contributed by atoms with Crippen molar-refractivity contribution < 1.29 is 0 Å². The van der Waals surface area contributed by atoms with E-state index in [1.54, 1.807) is 0 Å². The molecule has 0 saturated heterocycles. The van der Waals surface area contributed by atoms with Gasteiger partial charge in [-0.25, -0.2) is 0 Å². The lowest BCUT2D eigenvalue weighted by Crippen LogP contribution is -2.36. The third-order valence-electron chi connectivity index (χ3n) is 3.21. The molecular formula is C16H21N3S. The molecule has 0 bridgehead atoms. The van der Waals surface area contributed by atoms with Crippen LogP contribution < -0.4 is 10.6 Å². The summed E-state index contributed by atoms with van der Waals surface area (Å²) in [6.07, 6.45) is 5.09. The minimum absolute atomic E-state index is 0.742. The van der Waals surface area contributed by atoms with Gasteiger partial charge < -0.3 is 10.6 Å². The van der Waals surface area contributed by atoms with Crippen molar-refractivity contribution >= 4 is 28.2 Å². The Morgan fingerprint density at radius 3 is 2.80 bits per heavy atom. The standard InChI is InChI=1S/C16H21N3S/c1-2-3-10-18-16(20)19-12-9-14-7-4-6-13-8-5-11-17-15(13)14/h4-8,11H,2-3,9-10,12H2,1H3,(H2,18,19,20). The molecule has 0 amide bonds. The normalized spacial score (nSPS) is 10.4. The van der Waals surface area contributed by atoms with E-state index in [0.717, 1.165) is 36.6 Å². The van der Waals surface area contributed by atoms with Crippen LogP contribution in [0.4, 0.5) is 0 Å². The van der Waals surface area contributed by atoms with Gasteiger partial charge in [-0.2, -0.15) is 0 Å². The van der Waals surface area contributed by atoms with Crippen LogP contribution in [-0.2, 0) is 6.42 Å². The molecule has 2 aromatic rings. The summed E-state index contributed by atoms with van der Waals surface area (Å²) in [5.41, 5.74) is 2.34. The molecule has 0 spiro atoms. The first-order valence-electron chi connectivity index (χ1n) is 7.15. The van der Waals surface area contributed by atoms with E-state index in [2.05, 4.69) is 46.8 Å². The van der Waals surface area contributed by atoms with E-state index < -0.39 is 0 Å². The molecule has 0 saturated carbocycles. The van der Waals surface area contributed by atoms with Crippen LogP contribution in [0.5, 0.6) is 0 Å². The van der Waals surface area contributed by atoms with Crippen molar-refractivity contribution in [3.8, 4) is 0 Å². The number of nitrogens with one attached hydrogen (secondary N) is 2. The first kappa shape index (κ1) is 14.7. The number of pyridine rings is 1. The van der Waals surface area contributed by atoms with Gasteiger partial charge in [0.15, 0.2) is 5.11 Å². The number of rotatable bonds is 6. The highest BCUT2D eigenvalue weighted by Crippen LogP contribution is 2.15. The topological polar surface area (TPSA) is 37.0 Å². The van der Waals surface area contributed by atoms with Gasteiger partial charge in [-0.3, -0.25) is 4.98 Å². The third-order valence-corrected chi connectivity index (χ3v) is 3.50. The molecule has 0 atom stereocenters. The van der Waals surface area contributed by atoms with Crippen LogP contribution in [-0.4, -0.2) is 23.2 Å². The molecule has 4 heteroatoms. The third kappa shape index (κ3) is 4.17. The van der Waals surface area contributed by atoms with Gasteiger partial charge in [-0.1, -0.05) is 37.6 Å². The summed E-state index contributed by atoms with van der Waals surface area (Å²) in [6.45, 7) is 3.94. The zero-order valence-electron chi connectivity index (χ0n) is 11.9. The fourth-order valence-electron chi connectivity index (χ4n) is 2.12. The second-order valence-corrected chi connectivity index (χ2v) is 5.19. The zero-order valence-corrected chi connectivity index (χ0v) is 12.7. The van der Waals surface area contributed by atoms with Crippen LogP contribution in [0.3, 0.4) is 0 Å². The Morgan fingerprint density at radius 2 is 1.95 bits per heavy atom. The number of hydrogen-bond donors (Lipinski definition) is 2. The molecule has 1 aromatic carbocycles. The lowest BCUT2D eigenvalue weighted by Gasteiger charge is -2.10. The molecule has 1 heterocycles. The van der Waals surface area contributed by atoms with Crippen LogP contribution in [0.25, 0.3) is 10.9 Å². The molecule has 3 nitrogen and oxygen atoms in total. The van der Waals surface area contributed by atoms with Gasteiger partial charge >= 0.3 is 0 Å². The van der Waals surface area contributed by atoms with Gasteiger partial charge in [0.2, 0.25) is 0 Å². The van der Waals surface area contributed by atoms with Crippen molar-refractivity contribution in [1.82, 2.24) is 15.6 Å². The van der Waals surface area contributed by atoms with E-state index >= 15 is 0 Å². The molecular weight excluding hydrogens is 266 g/mol. The molecule has 106 valence electrons. The molecule has 0 radical (unpaired) electrons. The van der Waals surface area contributed by atoms with Crippen LogP contribution in [0.1, 0.15) is 25.3 Å².